The monoisotopic (exact) mass is 288 g/mol. The highest BCUT2D eigenvalue weighted by Gasteiger charge is 2.04. The quantitative estimate of drug-likeness (QED) is 0.858. The third-order valence-electron chi connectivity index (χ3n) is 3.19. The van der Waals surface area contributed by atoms with Crippen LogP contribution < -0.4 is 5.32 Å². The van der Waals surface area contributed by atoms with Gasteiger partial charge < -0.3 is 15.3 Å². The van der Waals surface area contributed by atoms with Crippen molar-refractivity contribution in [3.63, 3.8) is 0 Å². The SMILES string of the molecule is CN(C)Cc1ccccc1CNCc1cc(O)cc(F)c1. The summed E-state index contributed by atoms with van der Waals surface area (Å²) in [5.41, 5.74) is 3.24. The van der Waals surface area contributed by atoms with Gasteiger partial charge in [0.05, 0.1) is 0 Å². The summed E-state index contributed by atoms with van der Waals surface area (Å²) in [7, 11) is 4.08. The predicted octanol–water partition coefficient (Wildman–Crippen LogP) is 2.88. The van der Waals surface area contributed by atoms with Gasteiger partial charge in [-0.3, -0.25) is 0 Å². The number of aromatic hydroxyl groups is 1. The van der Waals surface area contributed by atoms with Crippen molar-refractivity contribution >= 4 is 0 Å². The molecule has 2 aromatic rings. The molecule has 0 aliphatic rings. The van der Waals surface area contributed by atoms with Crippen LogP contribution in [0.25, 0.3) is 0 Å². The van der Waals surface area contributed by atoms with Crippen molar-refractivity contribution in [3.05, 3.63) is 65.0 Å². The molecule has 0 fully saturated rings. The van der Waals surface area contributed by atoms with Gasteiger partial charge in [0.25, 0.3) is 0 Å². The molecule has 0 radical (unpaired) electrons. The Morgan fingerprint density at radius 3 is 2.43 bits per heavy atom. The summed E-state index contributed by atoms with van der Waals surface area (Å²) in [4.78, 5) is 2.13. The van der Waals surface area contributed by atoms with Crippen molar-refractivity contribution in [2.75, 3.05) is 14.1 Å². The number of rotatable bonds is 6. The molecule has 112 valence electrons. The van der Waals surface area contributed by atoms with Crippen LogP contribution in [0.1, 0.15) is 16.7 Å². The second-order valence-corrected chi connectivity index (χ2v) is 5.43. The van der Waals surface area contributed by atoms with Gasteiger partial charge in [-0.1, -0.05) is 24.3 Å². The molecule has 0 aromatic heterocycles. The van der Waals surface area contributed by atoms with Gasteiger partial charge in [0.15, 0.2) is 0 Å². The average molecular weight is 288 g/mol. The second-order valence-electron chi connectivity index (χ2n) is 5.43. The molecule has 0 heterocycles. The maximum absolute atomic E-state index is 13.2. The van der Waals surface area contributed by atoms with Crippen molar-refractivity contribution in [2.24, 2.45) is 0 Å². The number of hydrogen-bond donors (Lipinski definition) is 2. The Hall–Kier alpha value is -1.91. The van der Waals surface area contributed by atoms with E-state index in [0.717, 1.165) is 18.2 Å². The highest BCUT2D eigenvalue weighted by Crippen LogP contribution is 2.15. The smallest absolute Gasteiger partial charge is 0.127 e. The van der Waals surface area contributed by atoms with Crippen molar-refractivity contribution in [1.82, 2.24) is 10.2 Å². The Labute approximate surface area is 125 Å². The maximum atomic E-state index is 13.2. The van der Waals surface area contributed by atoms with Crippen LogP contribution in [-0.2, 0) is 19.6 Å². The first kappa shape index (κ1) is 15.5. The molecule has 2 N–H and O–H groups in total. The normalized spacial score (nSPS) is 11.0. The van der Waals surface area contributed by atoms with Gasteiger partial charge in [0.2, 0.25) is 0 Å². The molecule has 0 saturated heterocycles. The van der Waals surface area contributed by atoms with E-state index in [1.165, 1.54) is 17.2 Å². The van der Waals surface area contributed by atoms with E-state index < -0.39 is 5.82 Å². The largest absolute Gasteiger partial charge is 0.508 e. The topological polar surface area (TPSA) is 35.5 Å². The van der Waals surface area contributed by atoms with Crippen LogP contribution in [0.4, 0.5) is 4.39 Å². The minimum absolute atomic E-state index is 0.0418. The molecule has 0 saturated carbocycles. The fourth-order valence-electron chi connectivity index (χ4n) is 2.30. The number of nitrogens with one attached hydrogen (secondary N) is 1. The van der Waals surface area contributed by atoms with Crippen LogP contribution >= 0.6 is 0 Å². The summed E-state index contributed by atoms with van der Waals surface area (Å²) >= 11 is 0. The lowest BCUT2D eigenvalue weighted by Crippen LogP contribution is -2.17. The number of benzene rings is 2. The number of hydrogen-bond acceptors (Lipinski definition) is 3. The van der Waals surface area contributed by atoms with Crippen molar-refractivity contribution in [3.8, 4) is 5.75 Å². The summed E-state index contributed by atoms with van der Waals surface area (Å²) in [6.07, 6.45) is 0. The van der Waals surface area contributed by atoms with E-state index in [0.29, 0.717) is 13.1 Å². The third kappa shape index (κ3) is 4.85. The Morgan fingerprint density at radius 1 is 1.05 bits per heavy atom. The molecular formula is C17H21FN2O. The zero-order valence-electron chi connectivity index (χ0n) is 12.4. The summed E-state index contributed by atoms with van der Waals surface area (Å²) in [6, 6.07) is 12.4. The van der Waals surface area contributed by atoms with E-state index in [2.05, 4.69) is 22.3 Å². The van der Waals surface area contributed by atoms with Crippen LogP contribution in [-0.4, -0.2) is 24.1 Å². The van der Waals surface area contributed by atoms with Gasteiger partial charge in [-0.25, -0.2) is 4.39 Å². The van der Waals surface area contributed by atoms with E-state index in [9.17, 15) is 9.50 Å². The van der Waals surface area contributed by atoms with Crippen molar-refractivity contribution in [1.29, 1.82) is 0 Å². The van der Waals surface area contributed by atoms with Gasteiger partial charge in [-0.05, 0) is 42.9 Å². The van der Waals surface area contributed by atoms with Crippen LogP contribution in [0, 0.1) is 5.82 Å². The summed E-state index contributed by atoms with van der Waals surface area (Å²) < 4.78 is 13.2. The van der Waals surface area contributed by atoms with E-state index in [4.69, 9.17) is 0 Å². The number of nitrogens with zero attached hydrogens (tertiary/aromatic N) is 1. The molecule has 0 amide bonds. The molecule has 3 nitrogen and oxygen atoms in total. The van der Waals surface area contributed by atoms with E-state index >= 15 is 0 Å². The Kier molecular flexibility index (Phi) is 5.31. The molecular weight excluding hydrogens is 267 g/mol. The molecule has 0 aliphatic heterocycles. The van der Waals surface area contributed by atoms with Gasteiger partial charge in [-0.2, -0.15) is 0 Å². The average Bonchev–Trinajstić information content (AvgIpc) is 2.39. The highest BCUT2D eigenvalue weighted by atomic mass is 19.1. The molecule has 2 aromatic carbocycles. The zero-order chi connectivity index (χ0) is 15.2. The van der Waals surface area contributed by atoms with Crippen LogP contribution in [0.5, 0.6) is 5.75 Å². The molecule has 0 unspecified atom stereocenters. The standard InChI is InChI=1S/C17H21FN2O/c1-20(2)12-15-6-4-3-5-14(15)11-19-10-13-7-16(18)9-17(21)8-13/h3-9,19,21H,10-12H2,1-2H3. The molecule has 0 spiro atoms. The van der Waals surface area contributed by atoms with Gasteiger partial charge in [0.1, 0.15) is 11.6 Å². The van der Waals surface area contributed by atoms with Crippen molar-refractivity contribution in [2.45, 2.75) is 19.6 Å². The molecule has 2 rings (SSSR count). The lowest BCUT2D eigenvalue weighted by molar-refractivity contribution is 0.400. The first-order chi connectivity index (χ1) is 10.0. The first-order valence-corrected chi connectivity index (χ1v) is 6.95. The summed E-state index contributed by atoms with van der Waals surface area (Å²) in [5.74, 6) is -0.459. The highest BCUT2D eigenvalue weighted by molar-refractivity contribution is 5.29. The summed E-state index contributed by atoms with van der Waals surface area (Å²) in [5, 5.41) is 12.7. The summed E-state index contributed by atoms with van der Waals surface area (Å²) in [6.45, 7) is 2.11. The fourth-order valence-corrected chi connectivity index (χ4v) is 2.30. The predicted molar refractivity (Wildman–Crippen MR) is 82.4 cm³/mol. The number of phenolic OH excluding ortho intramolecular Hbond substituents is 1. The lowest BCUT2D eigenvalue weighted by Gasteiger charge is -2.14. The maximum Gasteiger partial charge on any atom is 0.127 e. The Bertz CT molecular complexity index is 579. The van der Waals surface area contributed by atoms with Crippen LogP contribution in [0.2, 0.25) is 0 Å². The van der Waals surface area contributed by atoms with E-state index in [-0.39, 0.29) is 5.75 Å². The molecule has 21 heavy (non-hydrogen) atoms. The van der Waals surface area contributed by atoms with E-state index in [1.54, 1.807) is 6.07 Å². The van der Waals surface area contributed by atoms with Crippen molar-refractivity contribution < 1.29 is 9.50 Å². The number of halogens is 1. The van der Waals surface area contributed by atoms with Crippen LogP contribution in [0.15, 0.2) is 42.5 Å². The van der Waals surface area contributed by atoms with Crippen LogP contribution in [0.3, 0.4) is 0 Å². The minimum atomic E-state index is -0.417. The van der Waals surface area contributed by atoms with Gasteiger partial charge in [-0.15, -0.1) is 0 Å². The Balaban J connectivity index is 1.97. The number of phenols is 1. The molecule has 0 aliphatic carbocycles. The lowest BCUT2D eigenvalue weighted by atomic mass is 10.1. The molecule has 4 heteroatoms. The van der Waals surface area contributed by atoms with E-state index in [1.807, 2.05) is 26.2 Å². The van der Waals surface area contributed by atoms with Gasteiger partial charge >= 0.3 is 0 Å². The van der Waals surface area contributed by atoms with Gasteiger partial charge in [0, 0.05) is 25.7 Å². The zero-order valence-corrected chi connectivity index (χ0v) is 12.4. The molecule has 0 atom stereocenters. The minimum Gasteiger partial charge on any atom is -0.508 e. The first-order valence-electron chi connectivity index (χ1n) is 6.95. The fraction of sp³-hybridized carbons (Fsp3) is 0.294. The Morgan fingerprint density at radius 2 is 1.76 bits per heavy atom. The molecule has 0 bridgehead atoms. The third-order valence-corrected chi connectivity index (χ3v) is 3.19. The second kappa shape index (κ2) is 7.20.